The molecule has 1 aliphatic heterocycles. The Morgan fingerprint density at radius 3 is 2.55 bits per heavy atom. The van der Waals surface area contributed by atoms with Crippen LogP contribution in [0.4, 0.5) is 11.4 Å². The van der Waals surface area contributed by atoms with Crippen molar-refractivity contribution in [3.63, 3.8) is 0 Å². The number of anilines is 2. The van der Waals surface area contributed by atoms with Crippen molar-refractivity contribution in [3.05, 3.63) is 59.2 Å². The van der Waals surface area contributed by atoms with Crippen molar-refractivity contribution < 1.29 is 27.5 Å². The first kappa shape index (κ1) is 20.5. The molecule has 3 rings (SSSR count). The Morgan fingerprint density at radius 1 is 1.10 bits per heavy atom. The number of sulfonamides is 1. The van der Waals surface area contributed by atoms with E-state index in [1.807, 2.05) is 0 Å². The second-order valence-electron chi connectivity index (χ2n) is 6.69. The first-order valence-corrected chi connectivity index (χ1v) is 10.7. The van der Waals surface area contributed by atoms with E-state index in [1.54, 1.807) is 24.3 Å². The van der Waals surface area contributed by atoms with Gasteiger partial charge in [0.1, 0.15) is 0 Å². The summed E-state index contributed by atoms with van der Waals surface area (Å²) in [5, 5.41) is 2.57. The number of ketones is 1. The summed E-state index contributed by atoms with van der Waals surface area (Å²) in [6, 6.07) is 11.0. The number of nitrogens with zero attached hydrogens (tertiary/aromatic N) is 1. The standard InChI is InChI=1S/C20H20N2O6S/c1-13(23)21-17-5-3-4-16(11-17)20(25)28-12-19(24)15-6-7-18-14(10-15)8-9-22(18)29(2,26)27/h3-7,10-11H,8-9,12H2,1-2H3,(H,21,23). The van der Waals surface area contributed by atoms with Gasteiger partial charge < -0.3 is 10.1 Å². The van der Waals surface area contributed by atoms with Gasteiger partial charge in [-0.25, -0.2) is 13.2 Å². The topological polar surface area (TPSA) is 110 Å². The third-order valence-corrected chi connectivity index (χ3v) is 5.59. The fourth-order valence-electron chi connectivity index (χ4n) is 3.11. The summed E-state index contributed by atoms with van der Waals surface area (Å²) >= 11 is 0. The molecule has 0 fully saturated rings. The number of rotatable bonds is 6. The summed E-state index contributed by atoms with van der Waals surface area (Å²) in [7, 11) is -3.36. The first-order valence-electron chi connectivity index (χ1n) is 8.84. The Labute approximate surface area is 168 Å². The van der Waals surface area contributed by atoms with Crippen LogP contribution in [-0.2, 0) is 26.0 Å². The minimum Gasteiger partial charge on any atom is -0.454 e. The number of ether oxygens (including phenoxy) is 1. The van der Waals surface area contributed by atoms with Gasteiger partial charge >= 0.3 is 5.97 Å². The molecule has 0 unspecified atom stereocenters. The second kappa shape index (κ2) is 8.04. The third-order valence-electron chi connectivity index (χ3n) is 4.41. The summed E-state index contributed by atoms with van der Waals surface area (Å²) in [6.07, 6.45) is 1.65. The van der Waals surface area contributed by atoms with E-state index < -0.39 is 28.4 Å². The first-order chi connectivity index (χ1) is 13.6. The fraction of sp³-hybridized carbons (Fsp3) is 0.250. The highest BCUT2D eigenvalue weighted by molar-refractivity contribution is 7.92. The molecule has 0 saturated carbocycles. The second-order valence-corrected chi connectivity index (χ2v) is 8.60. The normalized spacial score (nSPS) is 13.0. The van der Waals surface area contributed by atoms with Crippen molar-refractivity contribution in [3.8, 4) is 0 Å². The van der Waals surface area contributed by atoms with E-state index in [1.165, 1.54) is 29.4 Å². The predicted octanol–water partition coefficient (Wildman–Crippen LogP) is 2.01. The molecule has 1 aliphatic rings. The zero-order valence-corrected chi connectivity index (χ0v) is 16.8. The van der Waals surface area contributed by atoms with Crippen LogP contribution in [0.25, 0.3) is 0 Å². The maximum absolute atomic E-state index is 12.4. The summed E-state index contributed by atoms with van der Waals surface area (Å²) < 4.78 is 30.0. The van der Waals surface area contributed by atoms with Crippen molar-refractivity contribution in [2.75, 3.05) is 29.0 Å². The molecule has 1 N–H and O–H groups in total. The van der Waals surface area contributed by atoms with Gasteiger partial charge in [-0.05, 0) is 48.4 Å². The summed E-state index contributed by atoms with van der Waals surface area (Å²) in [6.45, 7) is 1.25. The number of carbonyl (C=O) groups excluding carboxylic acids is 3. The lowest BCUT2D eigenvalue weighted by atomic mass is 10.1. The van der Waals surface area contributed by atoms with E-state index in [-0.39, 0.29) is 11.5 Å². The number of benzene rings is 2. The molecule has 0 bridgehead atoms. The molecule has 2 aromatic rings. The molecule has 9 heteroatoms. The molecule has 2 aromatic carbocycles. The molecular formula is C20H20N2O6S. The van der Waals surface area contributed by atoms with Gasteiger partial charge in [0.25, 0.3) is 0 Å². The number of fused-ring (bicyclic) bond motifs is 1. The fourth-order valence-corrected chi connectivity index (χ4v) is 4.07. The average molecular weight is 416 g/mol. The van der Waals surface area contributed by atoms with Crippen LogP contribution in [0.3, 0.4) is 0 Å². The molecule has 152 valence electrons. The van der Waals surface area contributed by atoms with Crippen LogP contribution in [0.5, 0.6) is 0 Å². The summed E-state index contributed by atoms with van der Waals surface area (Å²) in [4.78, 5) is 35.7. The predicted molar refractivity (Wildman–Crippen MR) is 108 cm³/mol. The van der Waals surface area contributed by atoms with Crippen molar-refractivity contribution in [2.24, 2.45) is 0 Å². The van der Waals surface area contributed by atoms with E-state index in [2.05, 4.69) is 5.32 Å². The minimum atomic E-state index is -3.36. The highest BCUT2D eigenvalue weighted by atomic mass is 32.2. The number of esters is 1. The molecule has 1 amide bonds. The minimum absolute atomic E-state index is 0.210. The number of carbonyl (C=O) groups is 3. The average Bonchev–Trinajstić information content (AvgIpc) is 3.09. The zero-order valence-electron chi connectivity index (χ0n) is 16.0. The highest BCUT2D eigenvalue weighted by Gasteiger charge is 2.26. The van der Waals surface area contributed by atoms with Gasteiger partial charge in [0.15, 0.2) is 12.4 Å². The lowest BCUT2D eigenvalue weighted by Gasteiger charge is -2.16. The molecule has 1 heterocycles. The molecule has 0 aromatic heterocycles. The smallest absolute Gasteiger partial charge is 0.338 e. The van der Waals surface area contributed by atoms with E-state index >= 15 is 0 Å². The molecule has 0 saturated heterocycles. The van der Waals surface area contributed by atoms with Crippen molar-refractivity contribution >= 4 is 39.1 Å². The third kappa shape index (κ3) is 4.80. The van der Waals surface area contributed by atoms with Crippen LogP contribution in [0.15, 0.2) is 42.5 Å². The zero-order chi connectivity index (χ0) is 21.2. The van der Waals surface area contributed by atoms with Gasteiger partial charge in [-0.3, -0.25) is 13.9 Å². The molecule has 0 spiro atoms. The quantitative estimate of drug-likeness (QED) is 0.570. The maximum Gasteiger partial charge on any atom is 0.338 e. The van der Waals surface area contributed by atoms with Crippen molar-refractivity contribution in [1.29, 1.82) is 0 Å². The van der Waals surface area contributed by atoms with E-state index in [0.29, 0.717) is 29.9 Å². The van der Waals surface area contributed by atoms with Gasteiger partial charge in [0, 0.05) is 24.7 Å². The Morgan fingerprint density at radius 2 is 1.86 bits per heavy atom. The van der Waals surface area contributed by atoms with Crippen LogP contribution >= 0.6 is 0 Å². The maximum atomic E-state index is 12.4. The van der Waals surface area contributed by atoms with Gasteiger partial charge in [0.05, 0.1) is 17.5 Å². The summed E-state index contributed by atoms with van der Waals surface area (Å²) in [5.74, 6) is -1.34. The Bertz CT molecular complexity index is 1090. The van der Waals surface area contributed by atoms with Gasteiger partial charge in [-0.15, -0.1) is 0 Å². The van der Waals surface area contributed by atoms with Gasteiger partial charge in [0.2, 0.25) is 15.9 Å². The molecule has 0 radical (unpaired) electrons. The number of hydrogen-bond donors (Lipinski definition) is 1. The Kier molecular flexibility index (Phi) is 5.69. The monoisotopic (exact) mass is 416 g/mol. The number of amides is 1. The summed E-state index contributed by atoms with van der Waals surface area (Å²) in [5.41, 5.74) is 2.33. The van der Waals surface area contributed by atoms with Crippen molar-refractivity contribution in [1.82, 2.24) is 0 Å². The molecule has 0 atom stereocenters. The van der Waals surface area contributed by atoms with Crippen LogP contribution in [0, 0.1) is 0 Å². The van der Waals surface area contributed by atoms with Crippen LogP contribution in [0.1, 0.15) is 33.2 Å². The lowest BCUT2D eigenvalue weighted by Crippen LogP contribution is -2.27. The van der Waals surface area contributed by atoms with Crippen LogP contribution in [0.2, 0.25) is 0 Å². The van der Waals surface area contributed by atoms with Gasteiger partial charge in [-0.1, -0.05) is 6.07 Å². The lowest BCUT2D eigenvalue weighted by molar-refractivity contribution is -0.114. The van der Waals surface area contributed by atoms with Crippen LogP contribution in [-0.4, -0.2) is 45.5 Å². The van der Waals surface area contributed by atoms with Crippen LogP contribution < -0.4 is 9.62 Å². The number of hydrogen-bond acceptors (Lipinski definition) is 6. The largest absolute Gasteiger partial charge is 0.454 e. The SMILES string of the molecule is CC(=O)Nc1cccc(C(=O)OCC(=O)c2ccc3c(c2)CCN3S(C)(=O)=O)c1. The van der Waals surface area contributed by atoms with Gasteiger partial charge in [-0.2, -0.15) is 0 Å². The number of Topliss-reactive ketones (excluding diaryl/α,β-unsaturated/α-hetero) is 1. The van der Waals surface area contributed by atoms with E-state index in [9.17, 15) is 22.8 Å². The van der Waals surface area contributed by atoms with E-state index in [4.69, 9.17) is 4.74 Å². The highest BCUT2D eigenvalue weighted by Crippen LogP contribution is 2.30. The molecule has 0 aliphatic carbocycles. The van der Waals surface area contributed by atoms with E-state index in [0.717, 1.165) is 11.8 Å². The Hall–Kier alpha value is -3.20. The number of nitrogens with one attached hydrogen (secondary N) is 1. The molecule has 8 nitrogen and oxygen atoms in total. The Balaban J connectivity index is 1.66. The molecule has 29 heavy (non-hydrogen) atoms. The van der Waals surface area contributed by atoms with Crippen molar-refractivity contribution in [2.45, 2.75) is 13.3 Å². The molecular weight excluding hydrogens is 396 g/mol.